The normalized spacial score (nSPS) is 25.8. The average molecular weight is 524 g/mol. The maximum atomic E-state index is 14.7. The topological polar surface area (TPSA) is 151 Å². The van der Waals surface area contributed by atoms with E-state index >= 15 is 0 Å². The highest BCUT2D eigenvalue weighted by Gasteiger charge is 2.56. The summed E-state index contributed by atoms with van der Waals surface area (Å²) in [6.45, 7) is 0. The van der Waals surface area contributed by atoms with Crippen molar-refractivity contribution in [2.75, 3.05) is 9.74 Å². The fourth-order valence-corrected chi connectivity index (χ4v) is 3.91. The van der Waals surface area contributed by atoms with Crippen LogP contribution in [0.25, 0.3) is 21.6 Å². The minimum absolute atomic E-state index is 0.0104. The van der Waals surface area contributed by atoms with Crippen LogP contribution in [0.2, 0.25) is 0 Å². The average Bonchev–Trinajstić information content (AvgIpc) is 3.30. The summed E-state index contributed by atoms with van der Waals surface area (Å²) in [5, 5.41) is 16.5. The molecule has 0 bridgehead atoms. The zero-order chi connectivity index (χ0) is 21.3. The number of nitrogens with one attached hydrogen (secondary N) is 1. The Labute approximate surface area is 182 Å². The molecule has 1 aromatic carbocycles. The number of fused-ring (bicyclic) bond motifs is 1. The van der Waals surface area contributed by atoms with E-state index in [1.165, 1.54) is 17.2 Å². The molecule has 1 aliphatic heterocycles. The van der Waals surface area contributed by atoms with Crippen molar-refractivity contribution in [3.63, 3.8) is 0 Å². The summed E-state index contributed by atoms with van der Waals surface area (Å²) >= 11 is 1.82. The number of aliphatic hydroxyl groups excluding tert-OH is 1. The van der Waals surface area contributed by atoms with Crippen LogP contribution in [0, 0.1) is 0 Å². The first kappa shape index (κ1) is 20.4. The zero-order valence-electron chi connectivity index (χ0n) is 15.1. The van der Waals surface area contributed by atoms with Gasteiger partial charge in [0.2, 0.25) is 0 Å². The lowest BCUT2D eigenvalue weighted by molar-refractivity contribution is -0.0761. The van der Waals surface area contributed by atoms with Gasteiger partial charge in [0.1, 0.15) is 12.4 Å². The molecule has 3 heterocycles. The summed E-state index contributed by atoms with van der Waals surface area (Å²) in [6.07, 6.45) is -2.32. The molecule has 1 aliphatic rings. The number of anilines is 1. The van der Waals surface area contributed by atoms with Gasteiger partial charge in [-0.3, -0.25) is 9.36 Å². The number of carbonyl (C=O) groups is 1. The number of hydrogen-bond donors (Lipinski definition) is 2. The van der Waals surface area contributed by atoms with E-state index in [-0.39, 0.29) is 21.4 Å². The van der Waals surface area contributed by atoms with Crippen molar-refractivity contribution in [1.82, 2.24) is 19.5 Å². The summed E-state index contributed by atoms with van der Waals surface area (Å²) in [4.78, 5) is 27.5. The second-order valence-corrected chi connectivity index (χ2v) is 7.20. The van der Waals surface area contributed by atoms with Crippen molar-refractivity contribution in [3.8, 4) is 0 Å². The van der Waals surface area contributed by atoms with E-state index in [0.29, 0.717) is 5.56 Å². The predicted molar refractivity (Wildman–Crippen MR) is 112 cm³/mol. The number of nitrogens with zero attached hydrogens (tertiary/aromatic N) is 7. The lowest BCUT2D eigenvalue weighted by Gasteiger charge is -2.22. The third-order valence-corrected chi connectivity index (χ3v) is 5.75. The van der Waals surface area contributed by atoms with E-state index in [2.05, 4.69) is 30.3 Å². The lowest BCUT2D eigenvalue weighted by atomic mass is 10.1. The molecule has 3 aromatic rings. The van der Waals surface area contributed by atoms with Crippen molar-refractivity contribution in [2.24, 2.45) is 5.11 Å². The fraction of sp³-hybridized carbons (Fsp3) is 0.294. The van der Waals surface area contributed by atoms with Crippen LogP contribution in [0.4, 0.5) is 10.2 Å². The minimum atomic E-state index is -1.95. The number of alkyl halides is 2. The Hall–Kier alpha value is -2.87. The Morgan fingerprint density at radius 3 is 2.87 bits per heavy atom. The number of azide groups is 1. The number of halogens is 2. The molecule has 0 radical (unpaired) electrons. The largest absolute Gasteiger partial charge is 0.385 e. The van der Waals surface area contributed by atoms with E-state index in [0.717, 1.165) is 0 Å². The highest BCUT2D eigenvalue weighted by molar-refractivity contribution is 14.1. The molecule has 13 heteroatoms. The molecule has 0 aliphatic carbocycles. The van der Waals surface area contributed by atoms with Crippen molar-refractivity contribution < 1.29 is 19.0 Å². The molecule has 1 fully saturated rings. The highest BCUT2D eigenvalue weighted by Crippen LogP contribution is 2.42. The molecule has 11 nitrogen and oxygen atoms in total. The fourth-order valence-electron chi connectivity index (χ4n) is 3.16. The summed E-state index contributed by atoms with van der Waals surface area (Å²) < 4.78 is 21.7. The van der Waals surface area contributed by atoms with Crippen molar-refractivity contribution in [1.29, 1.82) is 0 Å². The highest BCUT2D eigenvalue weighted by atomic mass is 127. The number of carbonyl (C=O) groups excluding carboxylic acids is 1. The number of ether oxygens (including phenoxy) is 1. The van der Waals surface area contributed by atoms with Gasteiger partial charge in [-0.15, -0.1) is 0 Å². The van der Waals surface area contributed by atoms with Crippen LogP contribution in [0.5, 0.6) is 0 Å². The molecule has 4 rings (SSSR count). The maximum absolute atomic E-state index is 14.7. The first-order valence-electron chi connectivity index (χ1n) is 8.67. The molecule has 0 unspecified atom stereocenters. The number of aromatic nitrogens is 4. The molecule has 2 aromatic heterocycles. The first-order chi connectivity index (χ1) is 14.5. The summed E-state index contributed by atoms with van der Waals surface area (Å²) in [5.41, 5.74) is 7.78. The number of imidazole rings is 1. The molecule has 1 amide bonds. The third-order valence-electron chi connectivity index (χ3n) is 4.65. The zero-order valence-corrected chi connectivity index (χ0v) is 17.3. The van der Waals surface area contributed by atoms with E-state index in [9.17, 15) is 14.3 Å². The quantitative estimate of drug-likeness (QED) is 0.172. The number of aliphatic hydroxyl groups is 1. The maximum Gasteiger partial charge on any atom is 0.256 e. The van der Waals surface area contributed by atoms with Crippen molar-refractivity contribution >= 4 is 45.5 Å². The number of amides is 1. The molecule has 2 N–H and O–H groups in total. The van der Waals surface area contributed by atoms with Crippen LogP contribution < -0.4 is 5.32 Å². The lowest BCUT2D eigenvalue weighted by Crippen LogP contribution is -2.39. The Morgan fingerprint density at radius 1 is 1.40 bits per heavy atom. The molecule has 0 saturated carbocycles. The van der Waals surface area contributed by atoms with Crippen LogP contribution in [0.1, 0.15) is 16.6 Å². The van der Waals surface area contributed by atoms with Crippen LogP contribution in [0.15, 0.2) is 48.1 Å². The minimum Gasteiger partial charge on any atom is -0.385 e. The summed E-state index contributed by atoms with van der Waals surface area (Å²) in [6, 6.07) is 8.55. The van der Waals surface area contributed by atoms with Gasteiger partial charge in [-0.25, -0.2) is 19.3 Å². The standard InChI is InChI=1S/C17H14FIN8O3/c18-12-11(28)16(30-17(12,6-19)25-26-20)27-8-23-10-13(21-7-22-14(10)27)24-15(29)9-4-2-1-3-5-9/h1-5,7-8,11-12,16,28H,6H2,(H,21,22,24,29)/t11-,12+,16-,17+/m1/s1. The van der Waals surface area contributed by atoms with Gasteiger partial charge in [0, 0.05) is 14.9 Å². The molecular formula is C17H14FIN8O3. The van der Waals surface area contributed by atoms with Crippen molar-refractivity contribution in [2.45, 2.75) is 24.2 Å². The molecule has 30 heavy (non-hydrogen) atoms. The molecule has 0 spiro atoms. The Bertz CT molecular complexity index is 1140. The number of rotatable bonds is 5. The third kappa shape index (κ3) is 3.35. The van der Waals surface area contributed by atoms with Gasteiger partial charge < -0.3 is 15.2 Å². The van der Waals surface area contributed by atoms with E-state index < -0.39 is 30.1 Å². The van der Waals surface area contributed by atoms with Gasteiger partial charge in [-0.2, -0.15) is 0 Å². The SMILES string of the molecule is [N-]=[N+]=N[C@@]1(CI)O[C@@H](n2cnc3c(NC(=O)c4ccccc4)ncnc32)[C@H](O)[C@@H]1F. The van der Waals surface area contributed by atoms with E-state index in [1.54, 1.807) is 30.3 Å². The predicted octanol–water partition coefficient (Wildman–Crippen LogP) is 2.75. The summed E-state index contributed by atoms with van der Waals surface area (Å²) in [5.74, 6) is -0.245. The Balaban J connectivity index is 1.69. The Kier molecular flexibility index (Phi) is 5.51. The van der Waals surface area contributed by atoms with Crippen LogP contribution in [-0.2, 0) is 4.74 Å². The molecule has 154 valence electrons. The number of hydrogen-bond acceptors (Lipinski definition) is 7. The van der Waals surface area contributed by atoms with Crippen molar-refractivity contribution in [3.05, 3.63) is 59.0 Å². The van der Waals surface area contributed by atoms with Crippen LogP contribution in [0.3, 0.4) is 0 Å². The van der Waals surface area contributed by atoms with Gasteiger partial charge in [0.05, 0.1) is 6.33 Å². The van der Waals surface area contributed by atoms with Gasteiger partial charge in [0.25, 0.3) is 5.91 Å². The Morgan fingerprint density at radius 2 is 2.17 bits per heavy atom. The van der Waals surface area contributed by atoms with Gasteiger partial charge in [-0.05, 0) is 17.7 Å². The van der Waals surface area contributed by atoms with Crippen LogP contribution in [-0.4, -0.2) is 53.0 Å². The van der Waals surface area contributed by atoms with Gasteiger partial charge >= 0.3 is 0 Å². The molecular weight excluding hydrogens is 510 g/mol. The van der Waals surface area contributed by atoms with Crippen LogP contribution >= 0.6 is 22.6 Å². The summed E-state index contributed by atoms with van der Waals surface area (Å²) in [7, 11) is 0. The smallest absolute Gasteiger partial charge is 0.256 e. The number of benzene rings is 1. The van der Waals surface area contributed by atoms with E-state index in [1.807, 2.05) is 22.6 Å². The first-order valence-corrected chi connectivity index (χ1v) is 10.2. The second kappa shape index (κ2) is 8.10. The van der Waals surface area contributed by atoms with Gasteiger partial charge in [0.15, 0.2) is 35.1 Å². The molecule has 1 saturated heterocycles. The van der Waals surface area contributed by atoms with E-state index in [4.69, 9.17) is 10.3 Å². The molecule has 4 atom stereocenters. The van der Waals surface area contributed by atoms with Gasteiger partial charge in [-0.1, -0.05) is 45.9 Å². The second-order valence-electron chi connectivity index (χ2n) is 6.44. The monoisotopic (exact) mass is 524 g/mol.